The fraction of sp³-hybridized carbons (Fsp3) is 0.375. The van der Waals surface area contributed by atoms with Gasteiger partial charge >= 0.3 is 18.0 Å². The third kappa shape index (κ3) is 2.01. The summed E-state index contributed by atoms with van der Waals surface area (Å²) in [5.41, 5.74) is 2.37. The molecule has 96 valence electrons. The van der Waals surface area contributed by atoms with Crippen LogP contribution in [-0.2, 0) is 5.92 Å². The van der Waals surface area contributed by atoms with Crippen LogP contribution in [0.15, 0.2) is 18.5 Å². The van der Waals surface area contributed by atoms with Gasteiger partial charge in [0.05, 0.1) is 5.56 Å². The lowest BCUT2D eigenvalue weighted by Crippen LogP contribution is -2.50. The number of anilines is 1. The van der Waals surface area contributed by atoms with Gasteiger partial charge in [-0.25, -0.2) is 0 Å². The van der Waals surface area contributed by atoms with Gasteiger partial charge in [0.15, 0.2) is 0 Å². The molecule has 0 amide bonds. The molecule has 1 heterocycles. The summed E-state index contributed by atoms with van der Waals surface area (Å²) in [6.07, 6.45) is -5.32. The van der Waals surface area contributed by atoms with Crippen LogP contribution in [0, 0.1) is 0 Å². The molecule has 1 aromatic rings. The Hall–Kier alpha value is -1.54. The smallest absolute Gasteiger partial charge is 0.398 e. The zero-order chi connectivity index (χ0) is 13.5. The van der Waals surface area contributed by atoms with E-state index in [0.29, 0.717) is 6.07 Å². The molecule has 9 heteroatoms. The first kappa shape index (κ1) is 13.5. The summed E-state index contributed by atoms with van der Waals surface area (Å²) in [6, 6.07) is 0.704. The first-order valence-electron chi connectivity index (χ1n) is 4.04. The molecule has 0 aliphatic carbocycles. The SMILES string of the molecule is Nc1ccncc1C(F)(F)C(F)(F)C(F)(F)F. The van der Waals surface area contributed by atoms with E-state index in [-0.39, 0.29) is 6.20 Å². The summed E-state index contributed by atoms with van der Waals surface area (Å²) in [5, 5.41) is 0. The van der Waals surface area contributed by atoms with Crippen LogP contribution in [0.3, 0.4) is 0 Å². The molecule has 0 aliphatic heterocycles. The van der Waals surface area contributed by atoms with E-state index in [1.54, 1.807) is 0 Å². The van der Waals surface area contributed by atoms with Crippen LogP contribution < -0.4 is 5.73 Å². The number of hydrogen-bond donors (Lipinski definition) is 1. The average Bonchev–Trinajstić information content (AvgIpc) is 2.16. The zero-order valence-electron chi connectivity index (χ0n) is 7.90. The number of nitrogens with zero attached hydrogens (tertiary/aromatic N) is 1. The van der Waals surface area contributed by atoms with Crippen LogP contribution in [0.2, 0.25) is 0 Å². The average molecular weight is 262 g/mol. The van der Waals surface area contributed by atoms with Crippen LogP contribution in [0.4, 0.5) is 36.4 Å². The van der Waals surface area contributed by atoms with E-state index in [4.69, 9.17) is 5.73 Å². The van der Waals surface area contributed by atoms with Gasteiger partial charge in [-0.15, -0.1) is 0 Å². The largest absolute Gasteiger partial charge is 0.460 e. The molecular formula is C8H5F7N2. The monoisotopic (exact) mass is 262 g/mol. The molecule has 0 aliphatic rings. The van der Waals surface area contributed by atoms with Gasteiger partial charge in [-0.2, -0.15) is 30.7 Å². The highest BCUT2D eigenvalue weighted by molar-refractivity contribution is 5.47. The van der Waals surface area contributed by atoms with Crippen LogP contribution in [0.5, 0.6) is 0 Å². The molecule has 0 unspecified atom stereocenters. The Bertz CT molecular complexity index is 413. The minimum atomic E-state index is -6.39. The minimum Gasteiger partial charge on any atom is -0.398 e. The van der Waals surface area contributed by atoms with Gasteiger partial charge in [-0.05, 0) is 6.07 Å². The summed E-state index contributed by atoms with van der Waals surface area (Å²) < 4.78 is 87.0. The van der Waals surface area contributed by atoms with Gasteiger partial charge < -0.3 is 5.73 Å². The fourth-order valence-corrected chi connectivity index (χ4v) is 1.01. The van der Waals surface area contributed by atoms with E-state index in [2.05, 4.69) is 4.98 Å². The number of hydrogen-bond acceptors (Lipinski definition) is 2. The minimum absolute atomic E-state index is 0.176. The number of pyridine rings is 1. The number of alkyl halides is 7. The van der Waals surface area contributed by atoms with Crippen molar-refractivity contribution in [2.24, 2.45) is 0 Å². The third-order valence-electron chi connectivity index (χ3n) is 1.94. The van der Waals surface area contributed by atoms with Gasteiger partial charge in [0.2, 0.25) is 0 Å². The first-order chi connectivity index (χ1) is 7.52. The maximum absolute atomic E-state index is 13.1. The maximum atomic E-state index is 13.1. The molecule has 0 bridgehead atoms. The number of nitrogen functional groups attached to an aromatic ring is 1. The Kier molecular flexibility index (Phi) is 2.98. The van der Waals surface area contributed by atoms with Gasteiger partial charge in [0.25, 0.3) is 0 Å². The lowest BCUT2D eigenvalue weighted by atomic mass is 10.0. The third-order valence-corrected chi connectivity index (χ3v) is 1.94. The van der Waals surface area contributed by atoms with E-state index in [9.17, 15) is 30.7 Å². The Labute approximate surface area is 90.2 Å². The zero-order valence-corrected chi connectivity index (χ0v) is 7.90. The van der Waals surface area contributed by atoms with Crippen molar-refractivity contribution >= 4 is 5.69 Å². The summed E-state index contributed by atoms with van der Waals surface area (Å²) in [5.74, 6) is -11.7. The van der Waals surface area contributed by atoms with Crippen molar-refractivity contribution in [3.8, 4) is 0 Å². The Morgan fingerprint density at radius 3 is 1.94 bits per heavy atom. The van der Waals surface area contributed by atoms with Crippen LogP contribution in [-0.4, -0.2) is 17.1 Å². The topological polar surface area (TPSA) is 38.9 Å². The maximum Gasteiger partial charge on any atom is 0.460 e. The quantitative estimate of drug-likeness (QED) is 0.832. The van der Waals surface area contributed by atoms with Crippen LogP contribution in [0.1, 0.15) is 5.56 Å². The molecule has 17 heavy (non-hydrogen) atoms. The second-order valence-corrected chi connectivity index (χ2v) is 3.11. The van der Waals surface area contributed by atoms with E-state index >= 15 is 0 Å². The molecule has 2 N–H and O–H groups in total. The summed E-state index contributed by atoms with van der Waals surface area (Å²) in [6.45, 7) is 0. The molecule has 0 spiro atoms. The first-order valence-corrected chi connectivity index (χ1v) is 4.04. The number of nitrogens with two attached hydrogens (primary N) is 1. The van der Waals surface area contributed by atoms with Crippen molar-refractivity contribution in [2.45, 2.75) is 18.0 Å². The lowest BCUT2D eigenvalue weighted by molar-refractivity contribution is -0.359. The highest BCUT2D eigenvalue weighted by Gasteiger charge is 2.74. The van der Waals surface area contributed by atoms with Crippen LogP contribution in [0.25, 0.3) is 0 Å². The fourth-order valence-electron chi connectivity index (χ4n) is 1.01. The van der Waals surface area contributed by atoms with Gasteiger partial charge in [-0.3, -0.25) is 4.98 Å². The number of halogens is 7. The van der Waals surface area contributed by atoms with Crippen LogP contribution >= 0.6 is 0 Å². The predicted molar refractivity (Wildman–Crippen MR) is 43.5 cm³/mol. The number of rotatable bonds is 2. The summed E-state index contributed by atoms with van der Waals surface area (Å²) >= 11 is 0. The van der Waals surface area contributed by atoms with Crippen molar-refractivity contribution in [1.82, 2.24) is 4.98 Å². The normalized spacial score (nSPS) is 13.8. The van der Waals surface area contributed by atoms with Gasteiger partial charge in [0, 0.05) is 18.1 Å². The molecule has 1 rings (SSSR count). The Morgan fingerprint density at radius 2 is 1.53 bits per heavy atom. The van der Waals surface area contributed by atoms with E-state index in [0.717, 1.165) is 6.20 Å². The highest BCUT2D eigenvalue weighted by Crippen LogP contribution is 2.52. The van der Waals surface area contributed by atoms with Crippen molar-refractivity contribution in [2.75, 3.05) is 5.73 Å². The molecule has 0 atom stereocenters. The van der Waals surface area contributed by atoms with E-state index < -0.39 is 29.3 Å². The lowest BCUT2D eigenvalue weighted by Gasteiger charge is -2.28. The molecule has 0 aromatic carbocycles. The standard InChI is InChI=1S/C8H5F7N2/c9-6(10,7(11,12)8(13,14)15)4-3-17-2-1-5(4)16/h1-3H,(H2,16,17). The molecular weight excluding hydrogens is 257 g/mol. The molecule has 0 fully saturated rings. The van der Waals surface area contributed by atoms with E-state index in [1.807, 2.05) is 0 Å². The molecule has 1 aromatic heterocycles. The van der Waals surface area contributed by atoms with Crippen molar-refractivity contribution in [3.05, 3.63) is 24.0 Å². The molecule has 0 saturated heterocycles. The summed E-state index contributed by atoms with van der Waals surface area (Å²) in [7, 11) is 0. The summed E-state index contributed by atoms with van der Waals surface area (Å²) in [4.78, 5) is 3.05. The number of aromatic nitrogens is 1. The molecule has 2 nitrogen and oxygen atoms in total. The Morgan fingerprint density at radius 1 is 1.00 bits per heavy atom. The predicted octanol–water partition coefficient (Wildman–Crippen LogP) is 2.95. The van der Waals surface area contributed by atoms with Crippen molar-refractivity contribution in [1.29, 1.82) is 0 Å². The second-order valence-electron chi connectivity index (χ2n) is 3.11. The molecule has 0 saturated carbocycles. The van der Waals surface area contributed by atoms with Gasteiger partial charge in [0.1, 0.15) is 0 Å². The van der Waals surface area contributed by atoms with E-state index in [1.165, 1.54) is 0 Å². The van der Waals surface area contributed by atoms with Gasteiger partial charge in [-0.1, -0.05) is 0 Å². The highest BCUT2D eigenvalue weighted by atomic mass is 19.4. The van der Waals surface area contributed by atoms with Crippen molar-refractivity contribution < 1.29 is 30.7 Å². The Balaban J connectivity index is 3.34. The van der Waals surface area contributed by atoms with Crippen molar-refractivity contribution in [3.63, 3.8) is 0 Å². The molecule has 0 radical (unpaired) electrons. The second kappa shape index (κ2) is 3.74.